The number of ether oxygens (including phenoxy) is 1. The summed E-state index contributed by atoms with van der Waals surface area (Å²) in [6.45, 7) is 2.77. The van der Waals surface area contributed by atoms with Crippen LogP contribution in [0.5, 0.6) is 5.75 Å². The molecule has 0 aliphatic heterocycles. The summed E-state index contributed by atoms with van der Waals surface area (Å²) in [6.07, 6.45) is 0.917. The van der Waals surface area contributed by atoms with Crippen LogP contribution >= 0.6 is 0 Å². The zero-order chi connectivity index (χ0) is 12.8. The van der Waals surface area contributed by atoms with Crippen molar-refractivity contribution in [3.05, 3.63) is 18.2 Å². The molecule has 0 saturated carbocycles. The molecule has 1 rings (SSSR count). The molecule has 0 heterocycles. The largest absolute Gasteiger partial charge is 0.491 e. The van der Waals surface area contributed by atoms with Crippen molar-refractivity contribution in [1.29, 1.82) is 0 Å². The standard InChI is InChI=1S/C12H19N3O2/c1-3-7-17-10-6-4-5-9(12(10)14)15(2)8-11(13)16/h4-6H,3,7-8,14H2,1-2H3,(H2,13,16). The van der Waals surface area contributed by atoms with Crippen LogP contribution in [0.2, 0.25) is 0 Å². The molecule has 0 aliphatic rings. The molecule has 0 aliphatic carbocycles. The molecule has 0 radical (unpaired) electrons. The van der Waals surface area contributed by atoms with E-state index in [1.54, 1.807) is 11.9 Å². The third-order valence-electron chi connectivity index (χ3n) is 2.31. The van der Waals surface area contributed by atoms with Crippen LogP contribution in [0.25, 0.3) is 0 Å². The number of hydrogen-bond acceptors (Lipinski definition) is 4. The van der Waals surface area contributed by atoms with Crippen LogP contribution in [-0.2, 0) is 4.79 Å². The van der Waals surface area contributed by atoms with Crippen LogP contribution in [0.3, 0.4) is 0 Å². The van der Waals surface area contributed by atoms with E-state index in [0.717, 1.165) is 12.1 Å². The number of nitrogens with zero attached hydrogens (tertiary/aromatic N) is 1. The molecule has 1 aromatic carbocycles. The average molecular weight is 237 g/mol. The quantitative estimate of drug-likeness (QED) is 0.723. The number of nitrogen functional groups attached to an aromatic ring is 1. The second-order valence-corrected chi connectivity index (χ2v) is 3.86. The van der Waals surface area contributed by atoms with Crippen LogP contribution in [0.4, 0.5) is 11.4 Å². The summed E-state index contributed by atoms with van der Waals surface area (Å²) in [5, 5.41) is 0. The van der Waals surface area contributed by atoms with Crippen molar-refractivity contribution < 1.29 is 9.53 Å². The molecule has 0 spiro atoms. The first-order valence-corrected chi connectivity index (χ1v) is 5.57. The van der Waals surface area contributed by atoms with E-state index in [-0.39, 0.29) is 6.54 Å². The van der Waals surface area contributed by atoms with Crippen molar-refractivity contribution in [2.75, 3.05) is 30.8 Å². The minimum atomic E-state index is -0.397. The molecule has 1 amide bonds. The number of carbonyl (C=O) groups excluding carboxylic acids is 1. The van der Waals surface area contributed by atoms with Gasteiger partial charge in [-0.3, -0.25) is 4.79 Å². The molecule has 5 nitrogen and oxygen atoms in total. The van der Waals surface area contributed by atoms with Gasteiger partial charge in [0.2, 0.25) is 5.91 Å². The van der Waals surface area contributed by atoms with Gasteiger partial charge in [-0.25, -0.2) is 0 Å². The van der Waals surface area contributed by atoms with Crippen LogP contribution < -0.4 is 21.1 Å². The SMILES string of the molecule is CCCOc1cccc(N(C)CC(N)=O)c1N. The maximum Gasteiger partial charge on any atom is 0.236 e. The lowest BCUT2D eigenvalue weighted by Crippen LogP contribution is -2.31. The molecule has 4 N–H and O–H groups in total. The van der Waals surface area contributed by atoms with Gasteiger partial charge in [-0.1, -0.05) is 13.0 Å². The predicted octanol–water partition coefficient (Wildman–Crippen LogP) is 0.979. The molecule has 5 heteroatoms. The van der Waals surface area contributed by atoms with E-state index in [1.807, 2.05) is 25.1 Å². The Morgan fingerprint density at radius 1 is 1.47 bits per heavy atom. The van der Waals surface area contributed by atoms with Crippen LogP contribution in [0, 0.1) is 0 Å². The monoisotopic (exact) mass is 237 g/mol. The van der Waals surface area contributed by atoms with Crippen LogP contribution in [-0.4, -0.2) is 26.1 Å². The zero-order valence-electron chi connectivity index (χ0n) is 10.3. The van der Waals surface area contributed by atoms with Gasteiger partial charge in [0.05, 0.1) is 24.5 Å². The second-order valence-electron chi connectivity index (χ2n) is 3.86. The lowest BCUT2D eigenvalue weighted by molar-refractivity contribution is -0.116. The fourth-order valence-corrected chi connectivity index (χ4v) is 1.52. The highest BCUT2D eigenvalue weighted by Gasteiger charge is 2.11. The molecule has 0 aromatic heterocycles. The molecular formula is C12H19N3O2. The second kappa shape index (κ2) is 5.98. The minimum absolute atomic E-state index is 0.126. The predicted molar refractivity (Wildman–Crippen MR) is 69.1 cm³/mol. The number of primary amides is 1. The number of amides is 1. The van der Waals surface area contributed by atoms with Crippen molar-refractivity contribution in [3.63, 3.8) is 0 Å². The van der Waals surface area contributed by atoms with Gasteiger partial charge in [0.25, 0.3) is 0 Å². The summed E-state index contributed by atoms with van der Waals surface area (Å²) in [7, 11) is 1.76. The molecule has 94 valence electrons. The van der Waals surface area contributed by atoms with E-state index in [2.05, 4.69) is 0 Å². The van der Waals surface area contributed by atoms with E-state index in [0.29, 0.717) is 18.0 Å². The molecule has 0 fully saturated rings. The lowest BCUT2D eigenvalue weighted by Gasteiger charge is -2.20. The number of nitrogens with two attached hydrogens (primary N) is 2. The maximum absolute atomic E-state index is 10.9. The number of hydrogen-bond donors (Lipinski definition) is 2. The van der Waals surface area contributed by atoms with Gasteiger partial charge < -0.3 is 21.1 Å². The third kappa shape index (κ3) is 3.55. The number of likely N-dealkylation sites (N-methyl/N-ethyl adjacent to an activating group) is 1. The van der Waals surface area contributed by atoms with Crippen molar-refractivity contribution in [1.82, 2.24) is 0 Å². The van der Waals surface area contributed by atoms with Crippen LogP contribution in [0.1, 0.15) is 13.3 Å². The van der Waals surface area contributed by atoms with E-state index in [4.69, 9.17) is 16.2 Å². The van der Waals surface area contributed by atoms with E-state index >= 15 is 0 Å². The summed E-state index contributed by atoms with van der Waals surface area (Å²) in [5.41, 5.74) is 12.4. The zero-order valence-corrected chi connectivity index (χ0v) is 10.3. The third-order valence-corrected chi connectivity index (χ3v) is 2.31. The summed E-state index contributed by atoms with van der Waals surface area (Å²) in [5.74, 6) is 0.243. The molecule has 0 unspecified atom stereocenters. The normalized spacial score (nSPS) is 10.0. The van der Waals surface area contributed by atoms with Gasteiger partial charge >= 0.3 is 0 Å². The van der Waals surface area contributed by atoms with Gasteiger partial charge in [-0.05, 0) is 18.6 Å². The Balaban J connectivity index is 2.89. The Morgan fingerprint density at radius 2 is 2.18 bits per heavy atom. The highest BCUT2D eigenvalue weighted by Crippen LogP contribution is 2.31. The number of carbonyl (C=O) groups is 1. The van der Waals surface area contributed by atoms with Gasteiger partial charge in [0, 0.05) is 7.05 Å². The fourth-order valence-electron chi connectivity index (χ4n) is 1.52. The first-order valence-electron chi connectivity index (χ1n) is 5.57. The highest BCUT2D eigenvalue weighted by molar-refractivity contribution is 5.82. The minimum Gasteiger partial charge on any atom is -0.491 e. The molecule has 17 heavy (non-hydrogen) atoms. The summed E-state index contributed by atoms with van der Waals surface area (Å²) in [6, 6.07) is 5.48. The number of anilines is 2. The van der Waals surface area contributed by atoms with Crippen molar-refractivity contribution >= 4 is 17.3 Å². The molecule has 0 bridgehead atoms. The highest BCUT2D eigenvalue weighted by atomic mass is 16.5. The van der Waals surface area contributed by atoms with Crippen molar-refractivity contribution in [2.24, 2.45) is 5.73 Å². The van der Waals surface area contributed by atoms with Crippen molar-refractivity contribution in [3.8, 4) is 5.75 Å². The van der Waals surface area contributed by atoms with Gasteiger partial charge in [-0.2, -0.15) is 0 Å². The molecule has 1 aromatic rings. The Hall–Kier alpha value is -1.91. The van der Waals surface area contributed by atoms with E-state index < -0.39 is 5.91 Å². The summed E-state index contributed by atoms with van der Waals surface area (Å²) in [4.78, 5) is 12.6. The Morgan fingerprint density at radius 3 is 2.76 bits per heavy atom. The van der Waals surface area contributed by atoms with Crippen molar-refractivity contribution in [2.45, 2.75) is 13.3 Å². The van der Waals surface area contributed by atoms with E-state index in [9.17, 15) is 4.79 Å². The topological polar surface area (TPSA) is 81.6 Å². The number of para-hydroxylation sites is 1. The fraction of sp³-hybridized carbons (Fsp3) is 0.417. The van der Waals surface area contributed by atoms with Gasteiger partial charge in [-0.15, -0.1) is 0 Å². The Kier molecular flexibility index (Phi) is 4.63. The maximum atomic E-state index is 10.9. The molecule has 0 saturated heterocycles. The number of benzene rings is 1. The Labute approximate surface area is 101 Å². The summed E-state index contributed by atoms with van der Waals surface area (Å²) < 4.78 is 5.51. The average Bonchev–Trinajstić information content (AvgIpc) is 2.26. The van der Waals surface area contributed by atoms with Crippen LogP contribution in [0.15, 0.2) is 18.2 Å². The van der Waals surface area contributed by atoms with E-state index in [1.165, 1.54) is 0 Å². The molecule has 0 atom stereocenters. The molecular weight excluding hydrogens is 218 g/mol. The first kappa shape index (κ1) is 13.2. The van der Waals surface area contributed by atoms with Gasteiger partial charge in [0.1, 0.15) is 5.75 Å². The first-order chi connectivity index (χ1) is 8.06. The summed E-state index contributed by atoms with van der Waals surface area (Å²) >= 11 is 0. The lowest BCUT2D eigenvalue weighted by atomic mass is 10.2. The number of rotatable bonds is 6. The smallest absolute Gasteiger partial charge is 0.236 e. The van der Waals surface area contributed by atoms with Gasteiger partial charge in [0.15, 0.2) is 0 Å². The Bertz CT molecular complexity index is 393.